The monoisotopic (exact) mass is 440 g/mol. The third kappa shape index (κ3) is 4.32. The Hall–Kier alpha value is -3.75. The van der Waals surface area contributed by atoms with Crippen LogP contribution >= 0.6 is 0 Å². The highest BCUT2D eigenvalue weighted by Crippen LogP contribution is 2.34. The molecule has 1 amide bonds. The van der Waals surface area contributed by atoms with E-state index in [0.29, 0.717) is 11.2 Å². The van der Waals surface area contributed by atoms with E-state index in [9.17, 15) is 9.18 Å². The molecule has 0 spiro atoms. The lowest BCUT2D eigenvalue weighted by molar-refractivity contribution is 0.0523. The highest BCUT2D eigenvalue weighted by molar-refractivity contribution is 5.89. The third-order valence-electron chi connectivity index (χ3n) is 4.64. The Morgan fingerprint density at radius 3 is 2.50 bits per heavy atom. The Bertz CT molecular complexity index is 1290. The molecule has 32 heavy (non-hydrogen) atoms. The first-order valence-electron chi connectivity index (χ1n) is 9.99. The summed E-state index contributed by atoms with van der Waals surface area (Å²) in [5.41, 5.74) is 1.38. The molecule has 4 rings (SSSR count). The second-order valence-electron chi connectivity index (χ2n) is 8.32. The number of ether oxygens (including phenoxy) is 1. The van der Waals surface area contributed by atoms with Gasteiger partial charge in [0.1, 0.15) is 17.1 Å². The molecule has 1 N–H and O–H groups in total. The number of aromatic nitrogens is 3. The molecule has 7 nitrogen and oxygen atoms in total. The fraction of sp³-hybridized carbons (Fsp3) is 0.261. The number of benzene rings is 2. The van der Waals surface area contributed by atoms with Crippen LogP contribution in [0.1, 0.15) is 32.2 Å². The third-order valence-corrected chi connectivity index (χ3v) is 4.64. The quantitative estimate of drug-likeness (QED) is 0.466. The van der Waals surface area contributed by atoms with Crippen molar-refractivity contribution in [1.29, 1.82) is 0 Å². The highest BCUT2D eigenvalue weighted by Gasteiger charge is 2.24. The van der Waals surface area contributed by atoms with Crippen molar-refractivity contribution in [3.63, 3.8) is 0 Å². The standard InChI is InChI=1S/C23H22F2N4O3/c1-13-27-21(28-32-13)20-19(25)17-11-15(24)7-10-18(17)29(20)16-8-5-14(6-9-16)12-26-22(30)31-23(2,3)4/h5-11H,12H2,1-4H3,(H,26,30). The molecular formula is C23H22F2N4O3. The molecule has 2 aromatic heterocycles. The minimum Gasteiger partial charge on any atom is -0.444 e. The van der Waals surface area contributed by atoms with Gasteiger partial charge in [0, 0.05) is 24.5 Å². The summed E-state index contributed by atoms with van der Waals surface area (Å²) in [5.74, 6) is -0.845. The van der Waals surface area contributed by atoms with Gasteiger partial charge < -0.3 is 19.1 Å². The largest absolute Gasteiger partial charge is 0.444 e. The number of hydrogen-bond donors (Lipinski definition) is 1. The predicted octanol–water partition coefficient (Wildman–Crippen LogP) is 5.29. The summed E-state index contributed by atoms with van der Waals surface area (Å²) < 4.78 is 41.0. The molecule has 0 aliphatic rings. The summed E-state index contributed by atoms with van der Waals surface area (Å²) >= 11 is 0. The lowest BCUT2D eigenvalue weighted by atomic mass is 10.2. The molecule has 0 bridgehead atoms. The van der Waals surface area contributed by atoms with Crippen molar-refractivity contribution < 1.29 is 22.8 Å². The van der Waals surface area contributed by atoms with Crippen LogP contribution < -0.4 is 5.32 Å². The number of aryl methyl sites for hydroxylation is 1. The first-order chi connectivity index (χ1) is 15.1. The van der Waals surface area contributed by atoms with E-state index >= 15 is 4.39 Å². The molecule has 0 aliphatic carbocycles. The van der Waals surface area contributed by atoms with Crippen LogP contribution in [0.4, 0.5) is 13.6 Å². The number of nitrogens with one attached hydrogen (secondary N) is 1. The van der Waals surface area contributed by atoms with Gasteiger partial charge in [0.25, 0.3) is 0 Å². The summed E-state index contributed by atoms with van der Waals surface area (Å²) in [4.78, 5) is 16.0. The molecular weight excluding hydrogens is 418 g/mol. The average Bonchev–Trinajstić information content (AvgIpc) is 3.26. The van der Waals surface area contributed by atoms with Gasteiger partial charge in [-0.1, -0.05) is 17.3 Å². The molecule has 4 aromatic rings. The van der Waals surface area contributed by atoms with Crippen molar-refractivity contribution in [2.75, 3.05) is 0 Å². The minimum absolute atomic E-state index is 0.0623. The minimum atomic E-state index is -0.643. The van der Waals surface area contributed by atoms with E-state index in [1.54, 1.807) is 56.5 Å². The predicted molar refractivity (Wildman–Crippen MR) is 114 cm³/mol. The van der Waals surface area contributed by atoms with E-state index in [1.807, 2.05) is 0 Å². The number of rotatable bonds is 4. The van der Waals surface area contributed by atoms with Gasteiger partial charge in [-0.25, -0.2) is 13.6 Å². The van der Waals surface area contributed by atoms with Crippen LogP contribution in [0.2, 0.25) is 0 Å². The Labute approximate surface area is 183 Å². The average molecular weight is 440 g/mol. The van der Waals surface area contributed by atoms with Gasteiger partial charge in [-0.2, -0.15) is 4.98 Å². The Morgan fingerprint density at radius 1 is 1.16 bits per heavy atom. The second kappa shape index (κ2) is 8.07. The Kier molecular flexibility index (Phi) is 5.41. The number of nitrogens with zero attached hydrogens (tertiary/aromatic N) is 3. The fourth-order valence-electron chi connectivity index (χ4n) is 3.34. The van der Waals surface area contributed by atoms with Gasteiger partial charge in [0.05, 0.1) is 5.52 Å². The topological polar surface area (TPSA) is 82.2 Å². The number of halogens is 2. The van der Waals surface area contributed by atoms with Gasteiger partial charge in [-0.15, -0.1) is 0 Å². The number of alkyl carbamates (subject to hydrolysis) is 1. The van der Waals surface area contributed by atoms with E-state index < -0.39 is 23.3 Å². The lowest BCUT2D eigenvalue weighted by Crippen LogP contribution is -2.32. The van der Waals surface area contributed by atoms with Crippen LogP contribution in [0.3, 0.4) is 0 Å². The summed E-state index contributed by atoms with van der Waals surface area (Å²) in [7, 11) is 0. The van der Waals surface area contributed by atoms with Crippen LogP contribution in [0.5, 0.6) is 0 Å². The number of fused-ring (bicyclic) bond motifs is 1. The molecule has 0 fully saturated rings. The van der Waals surface area contributed by atoms with E-state index in [1.165, 1.54) is 12.1 Å². The zero-order valence-electron chi connectivity index (χ0n) is 18.1. The molecule has 0 aliphatic heterocycles. The number of amides is 1. The highest BCUT2D eigenvalue weighted by atomic mass is 19.1. The molecule has 0 atom stereocenters. The van der Waals surface area contributed by atoms with Crippen LogP contribution in [-0.4, -0.2) is 26.4 Å². The van der Waals surface area contributed by atoms with Crippen molar-refractivity contribution in [1.82, 2.24) is 20.0 Å². The van der Waals surface area contributed by atoms with Gasteiger partial charge in [0.2, 0.25) is 11.7 Å². The first kappa shape index (κ1) is 21.5. The van der Waals surface area contributed by atoms with Gasteiger partial charge in [-0.3, -0.25) is 0 Å². The summed E-state index contributed by atoms with van der Waals surface area (Å²) in [6.07, 6.45) is -0.517. The molecule has 0 saturated carbocycles. The molecule has 9 heteroatoms. The first-order valence-corrected chi connectivity index (χ1v) is 9.99. The molecule has 166 valence electrons. The van der Waals surface area contributed by atoms with E-state index in [2.05, 4.69) is 15.5 Å². The van der Waals surface area contributed by atoms with Crippen molar-refractivity contribution >= 4 is 17.0 Å². The molecule has 0 unspecified atom stereocenters. The van der Waals surface area contributed by atoms with Crippen molar-refractivity contribution in [2.45, 2.75) is 39.8 Å². The summed E-state index contributed by atoms with van der Waals surface area (Å²) in [6.45, 7) is 7.23. The zero-order valence-corrected chi connectivity index (χ0v) is 18.1. The number of hydrogen-bond acceptors (Lipinski definition) is 5. The van der Waals surface area contributed by atoms with E-state index in [-0.39, 0.29) is 29.3 Å². The maximum atomic E-state index is 15.3. The van der Waals surface area contributed by atoms with Gasteiger partial charge >= 0.3 is 6.09 Å². The van der Waals surface area contributed by atoms with Crippen LogP contribution in [0.25, 0.3) is 28.1 Å². The van der Waals surface area contributed by atoms with Crippen molar-refractivity contribution in [3.8, 4) is 17.2 Å². The second-order valence-corrected chi connectivity index (χ2v) is 8.32. The normalized spacial score (nSPS) is 11.7. The Balaban J connectivity index is 1.70. The SMILES string of the molecule is Cc1nc(-c2c(F)c3cc(F)ccc3n2-c2ccc(CNC(=O)OC(C)(C)C)cc2)no1. The van der Waals surface area contributed by atoms with Gasteiger partial charge in [0.15, 0.2) is 5.82 Å². The van der Waals surface area contributed by atoms with Crippen molar-refractivity contribution in [3.05, 3.63) is 65.6 Å². The molecule has 2 heterocycles. The van der Waals surface area contributed by atoms with Crippen molar-refractivity contribution in [2.24, 2.45) is 0 Å². The van der Waals surface area contributed by atoms with Crippen LogP contribution in [-0.2, 0) is 11.3 Å². The maximum Gasteiger partial charge on any atom is 0.407 e. The maximum absolute atomic E-state index is 15.3. The van der Waals surface area contributed by atoms with E-state index in [4.69, 9.17) is 9.26 Å². The van der Waals surface area contributed by atoms with Crippen LogP contribution in [0, 0.1) is 18.6 Å². The number of carbonyl (C=O) groups excluding carboxylic acids is 1. The smallest absolute Gasteiger partial charge is 0.407 e. The lowest BCUT2D eigenvalue weighted by Gasteiger charge is -2.19. The fourth-order valence-corrected chi connectivity index (χ4v) is 3.34. The Morgan fingerprint density at radius 2 is 1.88 bits per heavy atom. The molecule has 0 saturated heterocycles. The zero-order chi connectivity index (χ0) is 23.0. The molecule has 2 aromatic carbocycles. The summed E-state index contributed by atoms with van der Waals surface area (Å²) in [5, 5.41) is 6.65. The number of carbonyl (C=O) groups is 1. The van der Waals surface area contributed by atoms with E-state index in [0.717, 1.165) is 11.6 Å². The summed E-state index contributed by atoms with van der Waals surface area (Å²) in [6, 6.07) is 11.0. The van der Waals surface area contributed by atoms with Crippen LogP contribution in [0.15, 0.2) is 47.0 Å². The van der Waals surface area contributed by atoms with Gasteiger partial charge in [-0.05, 0) is 56.7 Å². The molecule has 0 radical (unpaired) electrons.